The third-order valence-corrected chi connectivity index (χ3v) is 6.78. The van der Waals surface area contributed by atoms with E-state index in [1.54, 1.807) is 17.0 Å². The Balaban J connectivity index is 1.34. The summed E-state index contributed by atoms with van der Waals surface area (Å²) >= 11 is 5.96. The zero-order chi connectivity index (χ0) is 21.1. The molecule has 1 aliphatic rings. The zero-order valence-electron chi connectivity index (χ0n) is 16.7. The van der Waals surface area contributed by atoms with Crippen molar-refractivity contribution in [3.8, 4) is 0 Å². The van der Waals surface area contributed by atoms with Crippen molar-refractivity contribution in [3.63, 3.8) is 0 Å². The molecule has 1 aromatic heterocycles. The fourth-order valence-corrected chi connectivity index (χ4v) is 4.59. The number of amides is 1. The summed E-state index contributed by atoms with van der Waals surface area (Å²) < 4.78 is 18.3. The van der Waals surface area contributed by atoms with Crippen LogP contribution in [0.2, 0.25) is 5.02 Å². The van der Waals surface area contributed by atoms with Gasteiger partial charge in [0, 0.05) is 41.8 Å². The van der Waals surface area contributed by atoms with Crippen LogP contribution in [0.4, 0.5) is 5.69 Å². The van der Waals surface area contributed by atoms with E-state index in [4.69, 9.17) is 16.0 Å². The summed E-state index contributed by atoms with van der Waals surface area (Å²) in [6, 6.07) is 18.8. The Labute approximate surface area is 183 Å². The predicted molar refractivity (Wildman–Crippen MR) is 120 cm³/mol. The normalized spacial score (nSPS) is 15.3. The van der Waals surface area contributed by atoms with Gasteiger partial charge in [0.25, 0.3) is 5.91 Å². The SMILES string of the molecule is Cc1ccc([S@](=O)Cc2ccc(C(=O)N3CCN(c4ccc(Cl)cc4)CC3)o2)cc1. The molecule has 30 heavy (non-hydrogen) atoms. The van der Waals surface area contributed by atoms with Gasteiger partial charge in [0.2, 0.25) is 0 Å². The lowest BCUT2D eigenvalue weighted by Crippen LogP contribution is -2.48. The highest BCUT2D eigenvalue weighted by Crippen LogP contribution is 2.21. The van der Waals surface area contributed by atoms with Crippen molar-refractivity contribution in [1.82, 2.24) is 4.90 Å². The van der Waals surface area contributed by atoms with E-state index in [1.807, 2.05) is 55.5 Å². The van der Waals surface area contributed by atoms with Crippen LogP contribution < -0.4 is 4.90 Å². The molecule has 0 spiro atoms. The molecule has 0 bridgehead atoms. The highest BCUT2D eigenvalue weighted by atomic mass is 35.5. The van der Waals surface area contributed by atoms with E-state index in [9.17, 15) is 9.00 Å². The van der Waals surface area contributed by atoms with E-state index < -0.39 is 10.8 Å². The number of piperazine rings is 1. The van der Waals surface area contributed by atoms with Crippen LogP contribution in [0, 0.1) is 6.92 Å². The van der Waals surface area contributed by atoms with Gasteiger partial charge < -0.3 is 14.2 Å². The summed E-state index contributed by atoms with van der Waals surface area (Å²) in [4.78, 5) is 17.6. The topological polar surface area (TPSA) is 53.8 Å². The number of benzene rings is 2. The number of hydrogen-bond donors (Lipinski definition) is 0. The van der Waals surface area contributed by atoms with Crippen LogP contribution in [-0.4, -0.2) is 41.2 Å². The Morgan fingerprint density at radius 2 is 1.63 bits per heavy atom. The highest BCUT2D eigenvalue weighted by molar-refractivity contribution is 7.84. The first-order valence-electron chi connectivity index (χ1n) is 9.83. The van der Waals surface area contributed by atoms with E-state index >= 15 is 0 Å². The van der Waals surface area contributed by atoms with Crippen molar-refractivity contribution in [2.45, 2.75) is 17.6 Å². The van der Waals surface area contributed by atoms with Crippen LogP contribution in [-0.2, 0) is 16.6 Å². The van der Waals surface area contributed by atoms with E-state index in [0.29, 0.717) is 29.6 Å². The summed E-state index contributed by atoms with van der Waals surface area (Å²) in [5, 5.41) is 0.712. The molecule has 0 saturated carbocycles. The first-order chi connectivity index (χ1) is 14.5. The second-order valence-electron chi connectivity index (χ2n) is 7.32. The van der Waals surface area contributed by atoms with Crippen LogP contribution in [0.25, 0.3) is 0 Å². The molecule has 1 amide bonds. The van der Waals surface area contributed by atoms with E-state index in [1.165, 1.54) is 0 Å². The number of halogens is 1. The number of carbonyl (C=O) groups excluding carboxylic acids is 1. The highest BCUT2D eigenvalue weighted by Gasteiger charge is 2.24. The third kappa shape index (κ3) is 4.77. The number of furan rings is 1. The largest absolute Gasteiger partial charge is 0.455 e. The minimum absolute atomic E-state index is 0.127. The summed E-state index contributed by atoms with van der Waals surface area (Å²) in [6.45, 7) is 4.72. The van der Waals surface area contributed by atoms with Crippen molar-refractivity contribution in [2.24, 2.45) is 0 Å². The molecule has 5 nitrogen and oxygen atoms in total. The molecule has 156 valence electrons. The fraction of sp³-hybridized carbons (Fsp3) is 0.261. The molecule has 3 aromatic rings. The Kier molecular flexibility index (Phi) is 6.25. The quantitative estimate of drug-likeness (QED) is 0.583. The molecule has 1 atom stereocenters. The average molecular weight is 443 g/mol. The molecular weight excluding hydrogens is 420 g/mol. The van der Waals surface area contributed by atoms with Gasteiger partial charge in [-0.3, -0.25) is 9.00 Å². The molecule has 0 aliphatic carbocycles. The first kappa shape index (κ1) is 20.7. The molecule has 2 aromatic carbocycles. The molecule has 0 unspecified atom stereocenters. The molecule has 4 rings (SSSR count). The molecule has 7 heteroatoms. The minimum Gasteiger partial charge on any atom is -0.455 e. The maximum atomic E-state index is 12.8. The Morgan fingerprint density at radius 3 is 2.30 bits per heavy atom. The smallest absolute Gasteiger partial charge is 0.289 e. The van der Waals surface area contributed by atoms with Gasteiger partial charge in [0.15, 0.2) is 5.76 Å². The summed E-state index contributed by atoms with van der Waals surface area (Å²) in [5.74, 6) is 0.974. The number of aryl methyl sites for hydroxylation is 1. The van der Waals surface area contributed by atoms with Crippen LogP contribution in [0.1, 0.15) is 21.9 Å². The molecule has 1 aliphatic heterocycles. The van der Waals surface area contributed by atoms with Crippen molar-refractivity contribution in [1.29, 1.82) is 0 Å². The first-order valence-corrected chi connectivity index (χ1v) is 11.5. The maximum Gasteiger partial charge on any atom is 0.289 e. The van der Waals surface area contributed by atoms with Gasteiger partial charge >= 0.3 is 0 Å². The van der Waals surface area contributed by atoms with Crippen molar-refractivity contribution in [2.75, 3.05) is 31.1 Å². The van der Waals surface area contributed by atoms with Crippen LogP contribution >= 0.6 is 11.6 Å². The number of rotatable bonds is 5. The zero-order valence-corrected chi connectivity index (χ0v) is 18.3. The molecule has 2 heterocycles. The lowest BCUT2D eigenvalue weighted by molar-refractivity contribution is 0.0713. The number of carbonyl (C=O) groups is 1. The Bertz CT molecular complexity index is 1040. The standard InChI is InChI=1S/C23H23ClN2O3S/c1-17-2-9-21(10-3-17)30(28)16-20-8-11-22(29-20)23(27)26-14-12-25(13-15-26)19-6-4-18(24)5-7-19/h2-11H,12-16H2,1H3/t30-/m1/s1. The lowest BCUT2D eigenvalue weighted by Gasteiger charge is -2.35. The van der Waals surface area contributed by atoms with Crippen LogP contribution in [0.15, 0.2) is 70.0 Å². The number of nitrogens with zero attached hydrogens (tertiary/aromatic N) is 2. The maximum absolute atomic E-state index is 12.8. The van der Waals surface area contributed by atoms with Crippen molar-refractivity contribution in [3.05, 3.63) is 82.8 Å². The molecule has 0 radical (unpaired) electrons. The van der Waals surface area contributed by atoms with Gasteiger partial charge in [-0.1, -0.05) is 29.3 Å². The summed E-state index contributed by atoms with van der Waals surface area (Å²) in [5.41, 5.74) is 2.23. The molecule has 1 fully saturated rings. The predicted octanol–water partition coefficient (Wildman–Crippen LogP) is 4.51. The molecule has 1 saturated heterocycles. The average Bonchev–Trinajstić information content (AvgIpc) is 3.23. The summed E-state index contributed by atoms with van der Waals surface area (Å²) in [6.07, 6.45) is 0. The van der Waals surface area contributed by atoms with Gasteiger partial charge in [-0.15, -0.1) is 0 Å². The van der Waals surface area contributed by atoms with E-state index in [-0.39, 0.29) is 11.7 Å². The monoisotopic (exact) mass is 442 g/mol. The Morgan fingerprint density at radius 1 is 0.967 bits per heavy atom. The lowest BCUT2D eigenvalue weighted by atomic mass is 10.2. The van der Waals surface area contributed by atoms with E-state index in [0.717, 1.165) is 29.2 Å². The third-order valence-electron chi connectivity index (χ3n) is 5.19. The van der Waals surface area contributed by atoms with E-state index in [2.05, 4.69) is 4.90 Å². The van der Waals surface area contributed by atoms with Crippen LogP contribution in [0.3, 0.4) is 0 Å². The van der Waals surface area contributed by atoms with Gasteiger partial charge in [-0.2, -0.15) is 0 Å². The van der Waals surface area contributed by atoms with Crippen molar-refractivity contribution >= 4 is 34.0 Å². The fourth-order valence-electron chi connectivity index (χ4n) is 3.45. The van der Waals surface area contributed by atoms with Gasteiger partial charge in [0.05, 0.1) is 16.6 Å². The Hall–Kier alpha value is -2.57. The summed E-state index contributed by atoms with van der Waals surface area (Å²) in [7, 11) is -1.21. The van der Waals surface area contributed by atoms with Gasteiger partial charge in [-0.05, 0) is 55.5 Å². The van der Waals surface area contributed by atoms with Crippen LogP contribution in [0.5, 0.6) is 0 Å². The molecule has 0 N–H and O–H groups in total. The number of hydrogen-bond acceptors (Lipinski definition) is 4. The number of anilines is 1. The second kappa shape index (κ2) is 9.06. The minimum atomic E-state index is -1.21. The van der Waals surface area contributed by atoms with Gasteiger partial charge in [-0.25, -0.2) is 0 Å². The second-order valence-corrected chi connectivity index (χ2v) is 9.21. The molecular formula is C23H23ClN2O3S. The van der Waals surface area contributed by atoms with Crippen molar-refractivity contribution < 1.29 is 13.4 Å². The van der Waals surface area contributed by atoms with Gasteiger partial charge in [0.1, 0.15) is 5.76 Å².